The summed E-state index contributed by atoms with van der Waals surface area (Å²) < 4.78 is 14.6. The van der Waals surface area contributed by atoms with Crippen LogP contribution in [0.5, 0.6) is 0 Å². The van der Waals surface area contributed by atoms with E-state index in [9.17, 15) is 18.8 Å². The second-order valence-electron chi connectivity index (χ2n) is 9.09. The number of para-hydroxylation sites is 1. The van der Waals surface area contributed by atoms with E-state index < -0.39 is 35.0 Å². The smallest absolute Gasteiger partial charge is 0.250 e. The number of aryl methyl sites for hydroxylation is 2. The Kier molecular flexibility index (Phi) is 3.62. The Morgan fingerprint density at radius 2 is 1.87 bits per heavy atom. The molecule has 3 fully saturated rings. The van der Waals surface area contributed by atoms with Gasteiger partial charge in [0.1, 0.15) is 11.4 Å². The number of hydrogen-bond donors (Lipinski definition) is 1. The average molecular weight is 419 g/mol. The number of carbonyl (C=O) groups is 3. The molecule has 6 nitrogen and oxygen atoms in total. The van der Waals surface area contributed by atoms with E-state index in [0.29, 0.717) is 6.54 Å². The zero-order chi connectivity index (χ0) is 21.7. The molecule has 4 aliphatic rings. The molecule has 4 heterocycles. The maximum atomic E-state index is 14.6. The summed E-state index contributed by atoms with van der Waals surface area (Å²) >= 11 is 0. The number of halogens is 1. The maximum Gasteiger partial charge on any atom is 0.250 e. The fourth-order valence-electron chi connectivity index (χ4n) is 6.53. The van der Waals surface area contributed by atoms with E-state index in [1.54, 1.807) is 6.07 Å². The third-order valence-corrected chi connectivity index (χ3v) is 7.54. The zero-order valence-electron chi connectivity index (χ0n) is 17.3. The highest BCUT2D eigenvalue weighted by Gasteiger charge is 2.74. The summed E-state index contributed by atoms with van der Waals surface area (Å²) in [6.45, 7) is 4.55. The lowest BCUT2D eigenvalue weighted by Crippen LogP contribution is -2.54. The molecule has 6 rings (SSSR count). The molecule has 0 aromatic heterocycles. The molecule has 0 saturated carbocycles. The molecule has 31 heavy (non-hydrogen) atoms. The molecule has 2 aromatic carbocycles. The van der Waals surface area contributed by atoms with Crippen molar-refractivity contribution in [3.8, 4) is 0 Å². The Morgan fingerprint density at radius 3 is 2.65 bits per heavy atom. The highest BCUT2D eigenvalue weighted by Crippen LogP contribution is 2.61. The van der Waals surface area contributed by atoms with Crippen LogP contribution in [-0.4, -0.2) is 35.2 Å². The van der Waals surface area contributed by atoms with Crippen LogP contribution in [0.2, 0.25) is 0 Å². The van der Waals surface area contributed by atoms with E-state index in [1.807, 2.05) is 26.0 Å². The van der Waals surface area contributed by atoms with Crippen LogP contribution in [0.3, 0.4) is 0 Å². The second-order valence-corrected chi connectivity index (χ2v) is 9.09. The van der Waals surface area contributed by atoms with Crippen molar-refractivity contribution in [3.05, 3.63) is 58.9 Å². The van der Waals surface area contributed by atoms with Crippen molar-refractivity contribution < 1.29 is 18.8 Å². The van der Waals surface area contributed by atoms with Gasteiger partial charge >= 0.3 is 0 Å². The first-order valence-corrected chi connectivity index (χ1v) is 10.7. The molecule has 1 spiro atoms. The second kappa shape index (κ2) is 6.01. The first-order valence-electron chi connectivity index (χ1n) is 10.7. The van der Waals surface area contributed by atoms with Crippen LogP contribution in [0.4, 0.5) is 15.8 Å². The van der Waals surface area contributed by atoms with Gasteiger partial charge in [0.2, 0.25) is 17.7 Å². The Hall–Kier alpha value is -3.06. The van der Waals surface area contributed by atoms with Gasteiger partial charge in [0.05, 0.1) is 17.5 Å². The highest BCUT2D eigenvalue weighted by molar-refractivity contribution is 6.26. The molecule has 3 amide bonds. The van der Waals surface area contributed by atoms with Crippen molar-refractivity contribution >= 4 is 29.1 Å². The number of rotatable bonds is 1. The Bertz CT molecular complexity index is 1190. The Balaban J connectivity index is 1.60. The van der Waals surface area contributed by atoms with E-state index in [1.165, 1.54) is 18.2 Å². The van der Waals surface area contributed by atoms with Crippen molar-refractivity contribution in [2.24, 2.45) is 11.8 Å². The minimum Gasteiger partial charge on any atom is -0.324 e. The average Bonchev–Trinajstić information content (AvgIpc) is 3.42. The zero-order valence-corrected chi connectivity index (χ0v) is 17.3. The van der Waals surface area contributed by atoms with Gasteiger partial charge in [-0.2, -0.15) is 0 Å². The first kappa shape index (κ1) is 18.7. The standard InChI is InChI=1S/C24H22FN3O3/c1-12-10-13(2)20-14(11-12)24(23(31)26-20)19-18(17-8-5-9-27(17)24)21(29)28(22(19)30)16-7-4-3-6-15(16)25/h3-4,6-7,10-11,17-19H,5,8-9H2,1-2H3,(H,26,31)/t17-,18-,19+,24-/m1/s1. The molecule has 1 N–H and O–H groups in total. The minimum absolute atomic E-state index is 0.0364. The molecule has 4 atom stereocenters. The van der Waals surface area contributed by atoms with Gasteiger partial charge in [0.25, 0.3) is 0 Å². The molecule has 0 unspecified atom stereocenters. The first-order chi connectivity index (χ1) is 14.9. The van der Waals surface area contributed by atoms with Gasteiger partial charge in [-0.15, -0.1) is 0 Å². The lowest BCUT2D eigenvalue weighted by atomic mass is 9.75. The molecule has 4 aliphatic heterocycles. The van der Waals surface area contributed by atoms with Crippen LogP contribution in [-0.2, 0) is 19.9 Å². The fourth-order valence-corrected chi connectivity index (χ4v) is 6.53. The summed E-state index contributed by atoms with van der Waals surface area (Å²) in [5.41, 5.74) is 2.16. The predicted octanol–water partition coefficient (Wildman–Crippen LogP) is 2.87. The molecular weight excluding hydrogens is 397 g/mol. The number of fused-ring (bicyclic) bond motifs is 7. The summed E-state index contributed by atoms with van der Waals surface area (Å²) in [5, 5.41) is 3.02. The van der Waals surface area contributed by atoms with Crippen LogP contribution in [0.15, 0.2) is 36.4 Å². The lowest BCUT2D eigenvalue weighted by molar-refractivity contribution is -0.135. The molecule has 0 radical (unpaired) electrons. The number of nitrogens with zero attached hydrogens (tertiary/aromatic N) is 2. The lowest BCUT2D eigenvalue weighted by Gasteiger charge is -2.36. The summed E-state index contributed by atoms with van der Waals surface area (Å²) in [7, 11) is 0. The van der Waals surface area contributed by atoms with Gasteiger partial charge in [-0.1, -0.05) is 29.8 Å². The molecular formula is C24H22FN3O3. The highest BCUT2D eigenvalue weighted by atomic mass is 19.1. The third-order valence-electron chi connectivity index (χ3n) is 7.54. The number of carbonyl (C=O) groups excluding carboxylic acids is 3. The fraction of sp³-hybridized carbons (Fsp3) is 0.375. The molecule has 158 valence electrons. The van der Waals surface area contributed by atoms with Gasteiger partial charge < -0.3 is 5.32 Å². The van der Waals surface area contributed by atoms with E-state index in [0.717, 1.165) is 40.1 Å². The molecule has 7 heteroatoms. The summed E-state index contributed by atoms with van der Waals surface area (Å²) in [5.74, 6) is -3.30. The number of benzene rings is 2. The van der Waals surface area contributed by atoms with Crippen LogP contribution >= 0.6 is 0 Å². The number of anilines is 2. The normalized spacial score (nSPS) is 31.4. The van der Waals surface area contributed by atoms with Crippen molar-refractivity contribution in [1.29, 1.82) is 0 Å². The van der Waals surface area contributed by atoms with Gasteiger partial charge in [0.15, 0.2) is 0 Å². The van der Waals surface area contributed by atoms with Crippen LogP contribution < -0.4 is 10.2 Å². The molecule has 2 aromatic rings. The van der Waals surface area contributed by atoms with Gasteiger partial charge in [-0.05, 0) is 50.9 Å². The van der Waals surface area contributed by atoms with Crippen LogP contribution in [0, 0.1) is 31.5 Å². The van der Waals surface area contributed by atoms with E-state index in [4.69, 9.17) is 0 Å². The molecule has 0 bridgehead atoms. The number of imide groups is 1. The minimum atomic E-state index is -1.23. The van der Waals surface area contributed by atoms with E-state index in [2.05, 4.69) is 10.2 Å². The van der Waals surface area contributed by atoms with Crippen molar-refractivity contribution in [2.45, 2.75) is 38.3 Å². The van der Waals surface area contributed by atoms with Crippen LogP contribution in [0.1, 0.15) is 29.5 Å². The van der Waals surface area contributed by atoms with Gasteiger partial charge in [0, 0.05) is 17.3 Å². The van der Waals surface area contributed by atoms with Crippen molar-refractivity contribution in [2.75, 3.05) is 16.8 Å². The maximum absolute atomic E-state index is 14.6. The Morgan fingerprint density at radius 1 is 1.10 bits per heavy atom. The van der Waals surface area contributed by atoms with E-state index in [-0.39, 0.29) is 17.6 Å². The number of hydrogen-bond acceptors (Lipinski definition) is 4. The third kappa shape index (κ3) is 2.07. The largest absolute Gasteiger partial charge is 0.324 e. The topological polar surface area (TPSA) is 69.7 Å². The summed E-state index contributed by atoms with van der Waals surface area (Å²) in [4.78, 5) is 44.1. The number of amides is 3. The number of nitrogens with one attached hydrogen (secondary N) is 1. The van der Waals surface area contributed by atoms with Crippen molar-refractivity contribution in [1.82, 2.24) is 4.90 Å². The molecule has 3 saturated heterocycles. The Labute approximate surface area is 179 Å². The predicted molar refractivity (Wildman–Crippen MR) is 112 cm³/mol. The quantitative estimate of drug-likeness (QED) is 0.722. The van der Waals surface area contributed by atoms with E-state index >= 15 is 0 Å². The summed E-state index contributed by atoms with van der Waals surface area (Å²) in [6.07, 6.45) is 1.59. The van der Waals surface area contributed by atoms with Crippen molar-refractivity contribution in [3.63, 3.8) is 0 Å². The van der Waals surface area contributed by atoms with Gasteiger partial charge in [-0.25, -0.2) is 9.29 Å². The SMILES string of the molecule is Cc1cc(C)c2c(c1)[C@]1(C(=O)N2)[C@@H]2C(=O)N(c3ccccc3F)C(=O)[C@@H]2[C@H]2CCCN21. The monoisotopic (exact) mass is 419 g/mol. The summed E-state index contributed by atoms with van der Waals surface area (Å²) in [6, 6.07) is 9.57. The van der Waals surface area contributed by atoms with Crippen LogP contribution in [0.25, 0.3) is 0 Å². The van der Waals surface area contributed by atoms with Gasteiger partial charge in [-0.3, -0.25) is 19.3 Å². The molecule has 0 aliphatic carbocycles.